The average Bonchev–Trinajstić information content (AvgIpc) is 1.65. The number of hydrogen-bond acceptors (Lipinski definition) is 12. The molecule has 5 N–H and O–H groups in total. The third-order valence-electron chi connectivity index (χ3n) is 18.9. The number of aliphatic hydroxyl groups is 1. The van der Waals surface area contributed by atoms with Crippen LogP contribution in [0.25, 0.3) is 0 Å². The van der Waals surface area contributed by atoms with E-state index in [-0.39, 0.29) is 44.6 Å². The van der Waals surface area contributed by atoms with Gasteiger partial charge in [-0.25, -0.2) is 4.79 Å². The maximum absolute atomic E-state index is 15.4. The van der Waals surface area contributed by atoms with E-state index in [1.165, 1.54) is 107 Å². The van der Waals surface area contributed by atoms with Crippen LogP contribution in [0.5, 0.6) is 0 Å². The number of unbranched alkanes of at least 4 members (excludes halogenated alkanes) is 10. The van der Waals surface area contributed by atoms with Crippen LogP contribution < -0.4 is 21.3 Å². The summed E-state index contributed by atoms with van der Waals surface area (Å²) in [5.41, 5.74) is -0.666. The van der Waals surface area contributed by atoms with Gasteiger partial charge in [0.2, 0.25) is 47.3 Å². The largest absolute Gasteiger partial charge is 0.450 e. The van der Waals surface area contributed by atoms with Gasteiger partial charge in [0.05, 0.1) is 5.60 Å². The molecule has 0 bridgehead atoms. The summed E-state index contributed by atoms with van der Waals surface area (Å²) in [6.07, 6.45) is 11.8. The summed E-state index contributed by atoms with van der Waals surface area (Å²) in [7, 11) is 5.58. The van der Waals surface area contributed by atoms with Gasteiger partial charge in [-0.1, -0.05) is 194 Å². The van der Waals surface area contributed by atoms with Gasteiger partial charge < -0.3 is 55.6 Å². The molecule has 2 aromatic rings. The third kappa shape index (κ3) is 22.9. The summed E-state index contributed by atoms with van der Waals surface area (Å²) in [5.74, 6) is -9.53. The van der Waals surface area contributed by atoms with E-state index in [9.17, 15) is 19.5 Å². The number of carbonyl (C=O) groups is 10. The number of nitrogens with one attached hydrogen (secondary N) is 4. The summed E-state index contributed by atoms with van der Waals surface area (Å²) >= 11 is 0. The van der Waals surface area contributed by atoms with Gasteiger partial charge in [0, 0.05) is 66.5 Å². The molecule has 2 aliphatic heterocycles. The minimum atomic E-state index is -2.06. The van der Waals surface area contributed by atoms with Crippen molar-refractivity contribution in [3.8, 4) is 0 Å². The highest BCUT2D eigenvalue weighted by Crippen LogP contribution is 2.28. The molecule has 93 heavy (non-hydrogen) atoms. The van der Waals surface area contributed by atoms with Crippen molar-refractivity contribution in [3.63, 3.8) is 0 Å². The first kappa shape index (κ1) is 78.5. The van der Waals surface area contributed by atoms with Crippen molar-refractivity contribution in [1.29, 1.82) is 0 Å². The Hall–Kier alpha value is -6.90. The Morgan fingerprint density at radius 3 is 1.57 bits per heavy atom. The van der Waals surface area contributed by atoms with E-state index in [1.807, 2.05) is 43.3 Å². The average molecular weight is 1300 g/mol. The second kappa shape index (κ2) is 38.5. The van der Waals surface area contributed by atoms with Crippen LogP contribution in [0.1, 0.15) is 196 Å². The Kier molecular flexibility index (Phi) is 32.5. The summed E-state index contributed by atoms with van der Waals surface area (Å²) < 4.78 is 6.16. The van der Waals surface area contributed by atoms with Crippen molar-refractivity contribution in [1.82, 2.24) is 45.8 Å². The molecule has 520 valence electrons. The second-order valence-electron chi connectivity index (χ2n) is 27.5. The zero-order chi connectivity index (χ0) is 69.3. The number of cyclic esters (lactones) is 1. The number of carbonyl (C=O) groups excluding carboxylic acids is 10. The first-order valence-electron chi connectivity index (χ1n) is 34.6. The lowest BCUT2D eigenvalue weighted by Crippen LogP contribution is -2.63. The van der Waals surface area contributed by atoms with Crippen molar-refractivity contribution in [3.05, 3.63) is 71.8 Å². The number of fused-ring (bicyclic) bond motifs is 1. The van der Waals surface area contributed by atoms with E-state index in [2.05, 4.69) is 28.2 Å². The minimum absolute atomic E-state index is 0.0251. The first-order valence-corrected chi connectivity index (χ1v) is 34.6. The topological polar surface area (TPSA) is 264 Å². The van der Waals surface area contributed by atoms with Gasteiger partial charge in [-0.2, -0.15) is 0 Å². The Morgan fingerprint density at radius 1 is 0.581 bits per heavy atom. The maximum Gasteiger partial charge on any atom is 0.332 e. The van der Waals surface area contributed by atoms with Crippen LogP contribution in [0.3, 0.4) is 0 Å². The molecule has 4 rings (SSSR count). The molecule has 0 aromatic heterocycles. The lowest BCUT2D eigenvalue weighted by Gasteiger charge is -2.39. The molecule has 0 aliphatic carbocycles. The van der Waals surface area contributed by atoms with E-state index in [1.54, 1.807) is 72.7 Å². The van der Waals surface area contributed by atoms with Crippen molar-refractivity contribution in [2.75, 3.05) is 41.3 Å². The number of hydrogen-bond donors (Lipinski definition) is 5. The molecule has 0 spiro atoms. The molecule has 0 saturated carbocycles. The molecule has 2 aromatic carbocycles. The number of amides is 9. The molecule has 11 atom stereocenters. The Labute approximate surface area is 555 Å². The second-order valence-corrected chi connectivity index (χ2v) is 27.5. The number of ether oxygens (including phenoxy) is 1. The molecule has 2 fully saturated rings. The third-order valence-corrected chi connectivity index (χ3v) is 18.9. The van der Waals surface area contributed by atoms with Gasteiger partial charge in [-0.05, 0) is 74.8 Å². The van der Waals surface area contributed by atoms with E-state index < -0.39 is 137 Å². The van der Waals surface area contributed by atoms with Crippen LogP contribution in [-0.4, -0.2) is 190 Å². The van der Waals surface area contributed by atoms with E-state index in [0.717, 1.165) is 30.6 Å². The van der Waals surface area contributed by atoms with E-state index in [4.69, 9.17) is 4.74 Å². The predicted molar refractivity (Wildman–Crippen MR) is 361 cm³/mol. The van der Waals surface area contributed by atoms with Crippen molar-refractivity contribution >= 4 is 59.1 Å². The normalized spacial score (nSPS) is 24.2. The quantitative estimate of drug-likeness (QED) is 0.0452. The molecule has 21 nitrogen and oxygen atoms in total. The van der Waals surface area contributed by atoms with Gasteiger partial charge in [-0.3, -0.25) is 43.2 Å². The van der Waals surface area contributed by atoms with E-state index >= 15 is 33.6 Å². The van der Waals surface area contributed by atoms with Gasteiger partial charge in [0.1, 0.15) is 42.3 Å². The van der Waals surface area contributed by atoms with Crippen molar-refractivity contribution in [2.45, 2.75) is 258 Å². The molecule has 2 heterocycles. The van der Waals surface area contributed by atoms with Crippen molar-refractivity contribution < 1.29 is 57.8 Å². The van der Waals surface area contributed by atoms with Gasteiger partial charge in [0.15, 0.2) is 12.1 Å². The molecule has 0 unspecified atom stereocenters. The molecule has 21 heteroatoms. The standard InChI is InChI=1S/C72H115N9O12/c1-16-19-20-21-22-23-24-25-26-27-34-43-73-57(82)42-41-53-66(86)80(15)62(72(10,11)92)71(91)93-61(50(9)18-3)70(90)79(14)60(48(6)7)65(85)75-54(45-51-36-30-28-31-37-51)67(87)77(12)56(46-52-38-32-29-33-39-52)68(88)81-44-35-40-55(81)63(83)76-58(49(8)17-2)69(89)78(13)59(47(4)5)64(84)74-53/h28-33,36-39,47-50,53-56,58-62,92H,16-27,34-35,40-46H2,1-15H3,(H,73,82)(H,74,84)(H,75,85)(H,76,83)/t49-,50-,53+,54+,55+,56+,58+,59+,60+,61-,62-/m1/s1. The highest BCUT2D eigenvalue weighted by Gasteiger charge is 2.48. The highest BCUT2D eigenvalue weighted by molar-refractivity contribution is 5.99. The Balaban J connectivity index is 1.87. The van der Waals surface area contributed by atoms with Crippen LogP contribution >= 0.6 is 0 Å². The number of rotatable bonds is 26. The fraction of sp³-hybridized carbons (Fsp3) is 0.694. The lowest BCUT2D eigenvalue weighted by atomic mass is 9.94. The number of nitrogens with zero attached hydrogens (tertiary/aromatic N) is 5. The molecular weight excluding hydrogens is 1180 g/mol. The van der Waals surface area contributed by atoms with Crippen molar-refractivity contribution in [2.24, 2.45) is 23.7 Å². The predicted octanol–water partition coefficient (Wildman–Crippen LogP) is 7.53. The fourth-order valence-electron chi connectivity index (χ4n) is 12.9. The molecule has 9 amide bonds. The minimum Gasteiger partial charge on any atom is -0.450 e. The molecule has 2 saturated heterocycles. The first-order chi connectivity index (χ1) is 44.0. The smallest absolute Gasteiger partial charge is 0.332 e. The molecule has 2 aliphatic rings. The van der Waals surface area contributed by atoms with E-state index in [0.29, 0.717) is 36.9 Å². The zero-order valence-corrected chi connectivity index (χ0v) is 58.8. The van der Waals surface area contributed by atoms with Gasteiger partial charge in [-0.15, -0.1) is 0 Å². The van der Waals surface area contributed by atoms with Gasteiger partial charge >= 0.3 is 5.97 Å². The van der Waals surface area contributed by atoms with Gasteiger partial charge in [0.25, 0.3) is 5.91 Å². The SMILES string of the molecule is CCCCCCCCCCCCCNC(=O)CC[C@@H]1NC(=O)[C@H](C(C)C)N(C)C(=O)[C@H]([C@H](C)CC)NC(=O)[C@@H]2CCCN2C(=O)[C@H](Cc2ccccc2)N(C)C(=O)[C@H](Cc2ccccc2)NC(=O)[C@H](C(C)C)N(C)C(=O)[C@@H]([C@H](C)CC)OC(=O)[C@H](C(C)(C)O)N(C)C1=O. The summed E-state index contributed by atoms with van der Waals surface area (Å²) in [6.45, 7) is 19.4. The zero-order valence-electron chi connectivity index (χ0n) is 58.8. The maximum atomic E-state index is 15.4. The van der Waals surface area contributed by atoms with Crippen LogP contribution in [0.2, 0.25) is 0 Å². The fourth-order valence-corrected chi connectivity index (χ4v) is 12.9. The van der Waals surface area contributed by atoms with Crippen LogP contribution in [0, 0.1) is 23.7 Å². The summed E-state index contributed by atoms with van der Waals surface area (Å²) in [5, 5.41) is 23.6. The van der Waals surface area contributed by atoms with Crippen LogP contribution in [-0.2, 0) is 65.5 Å². The molecule has 0 radical (unpaired) electrons. The Morgan fingerprint density at radius 2 is 1.06 bits per heavy atom. The van der Waals surface area contributed by atoms with Crippen LogP contribution in [0.4, 0.5) is 0 Å². The Bertz CT molecular complexity index is 2740. The highest BCUT2D eigenvalue weighted by atomic mass is 16.6. The number of benzene rings is 2. The lowest BCUT2D eigenvalue weighted by molar-refractivity contribution is -0.177. The summed E-state index contributed by atoms with van der Waals surface area (Å²) in [4.78, 5) is 156. The number of likely N-dealkylation sites (N-methyl/N-ethyl adjacent to an activating group) is 4. The number of esters is 1. The van der Waals surface area contributed by atoms with Crippen LogP contribution in [0.15, 0.2) is 60.7 Å². The monoisotopic (exact) mass is 1300 g/mol. The molecular formula is C72H115N9O12. The summed E-state index contributed by atoms with van der Waals surface area (Å²) in [6, 6.07) is 7.43.